The number of aryl methyl sites for hydroxylation is 1. The number of aliphatic hydroxyl groups is 1. The standard InChI is InChI=1S/C15H16BrN3O6/c1-8-5-9(16)6-11(19(23)24)12(8)17-13-10(15(22)25-2)7-18(3-4-20)14(13)21/h5-6,17,20H,3-4,7H2,1-2H3. The average molecular weight is 414 g/mol. The number of halogens is 1. The van der Waals surface area contributed by atoms with E-state index in [1.807, 2.05) is 0 Å². The SMILES string of the molecule is COC(=O)C1=C(Nc2c(C)cc(Br)cc2[N+](=O)[O-])C(=O)N(CCO)C1. The van der Waals surface area contributed by atoms with Crippen molar-refractivity contribution in [3.05, 3.63) is 43.6 Å². The minimum atomic E-state index is -0.714. The predicted octanol–water partition coefficient (Wildman–Crippen LogP) is 1.34. The Hall–Kier alpha value is -2.46. The fourth-order valence-electron chi connectivity index (χ4n) is 2.51. The van der Waals surface area contributed by atoms with E-state index < -0.39 is 16.8 Å². The molecular weight excluding hydrogens is 398 g/mol. The lowest BCUT2D eigenvalue weighted by Gasteiger charge is -2.15. The maximum absolute atomic E-state index is 12.5. The number of nitro groups is 1. The number of anilines is 1. The van der Waals surface area contributed by atoms with Crippen molar-refractivity contribution in [2.45, 2.75) is 6.92 Å². The number of methoxy groups -OCH3 is 1. The number of rotatable bonds is 6. The van der Waals surface area contributed by atoms with Crippen molar-refractivity contribution in [3.63, 3.8) is 0 Å². The number of ether oxygens (including phenoxy) is 1. The number of esters is 1. The van der Waals surface area contributed by atoms with Gasteiger partial charge in [0.15, 0.2) is 0 Å². The zero-order chi connectivity index (χ0) is 18.7. The molecule has 1 amide bonds. The molecule has 2 rings (SSSR count). The number of amides is 1. The number of β-amino-alcohol motifs (C(OH)–C–C–N with tert-alkyl or cyclic N) is 1. The number of nitrogens with one attached hydrogen (secondary N) is 1. The second-order valence-electron chi connectivity index (χ2n) is 5.29. The Morgan fingerprint density at radius 2 is 2.20 bits per heavy atom. The molecule has 10 heteroatoms. The van der Waals surface area contributed by atoms with Gasteiger partial charge in [0.1, 0.15) is 11.4 Å². The van der Waals surface area contributed by atoms with Crippen LogP contribution in [0.2, 0.25) is 0 Å². The van der Waals surface area contributed by atoms with E-state index in [-0.39, 0.29) is 42.3 Å². The third-order valence-electron chi connectivity index (χ3n) is 3.68. The second-order valence-corrected chi connectivity index (χ2v) is 6.21. The van der Waals surface area contributed by atoms with Crippen LogP contribution in [0.5, 0.6) is 0 Å². The molecule has 1 heterocycles. The third-order valence-corrected chi connectivity index (χ3v) is 4.14. The molecule has 0 saturated carbocycles. The highest BCUT2D eigenvalue weighted by molar-refractivity contribution is 9.10. The van der Waals surface area contributed by atoms with Crippen molar-refractivity contribution >= 4 is 39.2 Å². The van der Waals surface area contributed by atoms with E-state index in [2.05, 4.69) is 26.0 Å². The largest absolute Gasteiger partial charge is 0.466 e. The molecule has 25 heavy (non-hydrogen) atoms. The van der Waals surface area contributed by atoms with Crippen LogP contribution in [-0.4, -0.2) is 53.6 Å². The monoisotopic (exact) mass is 413 g/mol. The third kappa shape index (κ3) is 3.80. The number of carbonyl (C=O) groups excluding carboxylic acids is 2. The molecule has 0 aliphatic carbocycles. The van der Waals surface area contributed by atoms with E-state index >= 15 is 0 Å². The number of hydrogen-bond acceptors (Lipinski definition) is 7. The Morgan fingerprint density at radius 3 is 2.76 bits per heavy atom. The van der Waals surface area contributed by atoms with Crippen LogP contribution in [0.4, 0.5) is 11.4 Å². The van der Waals surface area contributed by atoms with Crippen LogP contribution in [0.3, 0.4) is 0 Å². The summed E-state index contributed by atoms with van der Waals surface area (Å²) in [5.74, 6) is -1.25. The summed E-state index contributed by atoms with van der Waals surface area (Å²) in [7, 11) is 1.18. The highest BCUT2D eigenvalue weighted by Gasteiger charge is 2.35. The van der Waals surface area contributed by atoms with Crippen LogP contribution in [0.15, 0.2) is 27.9 Å². The van der Waals surface area contributed by atoms with Crippen LogP contribution in [-0.2, 0) is 14.3 Å². The quantitative estimate of drug-likeness (QED) is 0.409. The zero-order valence-corrected chi connectivity index (χ0v) is 15.1. The van der Waals surface area contributed by atoms with Crippen molar-refractivity contribution in [3.8, 4) is 0 Å². The summed E-state index contributed by atoms with van der Waals surface area (Å²) in [4.78, 5) is 36.5. The van der Waals surface area contributed by atoms with Gasteiger partial charge in [0.05, 0.1) is 30.8 Å². The van der Waals surface area contributed by atoms with Crippen LogP contribution in [0.1, 0.15) is 5.56 Å². The molecule has 0 fully saturated rings. The van der Waals surface area contributed by atoms with Crippen molar-refractivity contribution < 1.29 is 24.4 Å². The Kier molecular flexibility index (Phi) is 5.75. The maximum Gasteiger partial charge on any atom is 0.337 e. The van der Waals surface area contributed by atoms with Gasteiger partial charge in [0.25, 0.3) is 11.6 Å². The van der Waals surface area contributed by atoms with E-state index in [0.717, 1.165) is 0 Å². The number of aliphatic hydroxyl groups excluding tert-OH is 1. The molecule has 1 aliphatic rings. The minimum Gasteiger partial charge on any atom is -0.466 e. The van der Waals surface area contributed by atoms with Gasteiger partial charge in [-0.25, -0.2) is 4.79 Å². The van der Waals surface area contributed by atoms with Gasteiger partial charge in [0, 0.05) is 17.1 Å². The van der Waals surface area contributed by atoms with Crippen molar-refractivity contribution in [1.29, 1.82) is 0 Å². The first kappa shape index (κ1) is 18.9. The smallest absolute Gasteiger partial charge is 0.337 e. The molecule has 1 aliphatic heterocycles. The number of benzene rings is 1. The Balaban J connectivity index is 2.51. The minimum absolute atomic E-state index is 0.0337. The Bertz CT molecular complexity index is 777. The van der Waals surface area contributed by atoms with Crippen molar-refractivity contribution in [2.75, 3.05) is 32.1 Å². The topological polar surface area (TPSA) is 122 Å². The number of hydrogen-bond donors (Lipinski definition) is 2. The molecular formula is C15H16BrN3O6. The highest BCUT2D eigenvalue weighted by atomic mass is 79.9. The first-order valence-corrected chi connectivity index (χ1v) is 8.02. The summed E-state index contributed by atoms with van der Waals surface area (Å²) in [6, 6.07) is 2.96. The molecule has 0 atom stereocenters. The predicted molar refractivity (Wildman–Crippen MR) is 91.9 cm³/mol. The van der Waals surface area contributed by atoms with E-state index in [1.165, 1.54) is 18.1 Å². The lowest BCUT2D eigenvalue weighted by molar-refractivity contribution is -0.384. The summed E-state index contributed by atoms with van der Waals surface area (Å²) >= 11 is 3.20. The molecule has 0 bridgehead atoms. The molecule has 0 spiro atoms. The fourth-order valence-corrected chi connectivity index (χ4v) is 3.07. The summed E-state index contributed by atoms with van der Waals surface area (Å²) in [6.07, 6.45) is 0. The van der Waals surface area contributed by atoms with Gasteiger partial charge in [-0.3, -0.25) is 14.9 Å². The van der Waals surface area contributed by atoms with Crippen molar-refractivity contribution in [1.82, 2.24) is 4.90 Å². The Labute approximate surface area is 151 Å². The van der Waals surface area contributed by atoms with Crippen LogP contribution >= 0.6 is 15.9 Å². The molecule has 0 aromatic heterocycles. The summed E-state index contributed by atoms with van der Waals surface area (Å²) in [6.45, 7) is 1.36. The van der Waals surface area contributed by atoms with Gasteiger partial charge < -0.3 is 20.1 Å². The van der Waals surface area contributed by atoms with E-state index in [4.69, 9.17) is 5.11 Å². The molecule has 0 saturated heterocycles. The van der Waals surface area contributed by atoms with Crippen LogP contribution in [0, 0.1) is 17.0 Å². The number of carbonyl (C=O) groups is 2. The average Bonchev–Trinajstić information content (AvgIpc) is 2.85. The molecule has 2 N–H and O–H groups in total. The van der Waals surface area contributed by atoms with Crippen molar-refractivity contribution in [2.24, 2.45) is 0 Å². The van der Waals surface area contributed by atoms with Gasteiger partial charge in [-0.15, -0.1) is 0 Å². The van der Waals surface area contributed by atoms with E-state index in [0.29, 0.717) is 10.0 Å². The van der Waals surface area contributed by atoms with Crippen LogP contribution in [0.25, 0.3) is 0 Å². The lowest BCUT2D eigenvalue weighted by atomic mass is 10.1. The molecule has 0 unspecified atom stereocenters. The van der Waals surface area contributed by atoms with E-state index in [1.54, 1.807) is 13.0 Å². The summed E-state index contributed by atoms with van der Waals surface area (Å²) in [5, 5.41) is 23.1. The maximum atomic E-state index is 12.5. The first-order chi connectivity index (χ1) is 11.8. The summed E-state index contributed by atoms with van der Waals surface area (Å²) in [5.41, 5.74) is 0.360. The molecule has 9 nitrogen and oxygen atoms in total. The number of nitrogens with zero attached hydrogens (tertiary/aromatic N) is 2. The molecule has 1 aromatic carbocycles. The van der Waals surface area contributed by atoms with Gasteiger partial charge in [0.2, 0.25) is 0 Å². The summed E-state index contributed by atoms with van der Waals surface area (Å²) < 4.78 is 5.20. The normalized spacial score (nSPS) is 14.1. The Morgan fingerprint density at radius 1 is 1.52 bits per heavy atom. The van der Waals surface area contributed by atoms with Gasteiger partial charge in [-0.2, -0.15) is 0 Å². The fraction of sp³-hybridized carbons (Fsp3) is 0.333. The molecule has 0 radical (unpaired) electrons. The highest BCUT2D eigenvalue weighted by Crippen LogP contribution is 2.34. The molecule has 1 aromatic rings. The van der Waals surface area contributed by atoms with Gasteiger partial charge in [-0.1, -0.05) is 15.9 Å². The van der Waals surface area contributed by atoms with Gasteiger partial charge in [-0.05, 0) is 18.6 Å². The number of nitro benzene ring substituents is 1. The molecule has 134 valence electrons. The second kappa shape index (κ2) is 7.62. The van der Waals surface area contributed by atoms with E-state index in [9.17, 15) is 19.7 Å². The zero-order valence-electron chi connectivity index (χ0n) is 13.5. The van der Waals surface area contributed by atoms with Gasteiger partial charge >= 0.3 is 5.97 Å². The van der Waals surface area contributed by atoms with Crippen LogP contribution < -0.4 is 5.32 Å². The first-order valence-electron chi connectivity index (χ1n) is 7.23. The lowest BCUT2D eigenvalue weighted by Crippen LogP contribution is -2.31.